The van der Waals surface area contributed by atoms with Gasteiger partial charge >= 0.3 is 0 Å². The van der Waals surface area contributed by atoms with Crippen molar-refractivity contribution in [2.24, 2.45) is 7.05 Å². The van der Waals surface area contributed by atoms with Crippen LogP contribution in [0.4, 0.5) is 0 Å². The van der Waals surface area contributed by atoms with Gasteiger partial charge in [-0.3, -0.25) is 14.5 Å². The van der Waals surface area contributed by atoms with Crippen LogP contribution in [-0.2, 0) is 11.8 Å². The number of aryl methyl sites for hydroxylation is 2. The van der Waals surface area contributed by atoms with Crippen LogP contribution < -0.4 is 5.32 Å². The number of amides is 2. The largest absolute Gasteiger partial charge is 0.355 e. The van der Waals surface area contributed by atoms with Gasteiger partial charge in [0.1, 0.15) is 5.69 Å². The van der Waals surface area contributed by atoms with E-state index in [1.165, 1.54) is 0 Å². The summed E-state index contributed by atoms with van der Waals surface area (Å²) in [6.45, 7) is 5.68. The van der Waals surface area contributed by atoms with E-state index in [2.05, 4.69) is 10.2 Å². The van der Waals surface area contributed by atoms with E-state index in [1.54, 1.807) is 0 Å². The first-order valence-corrected chi connectivity index (χ1v) is 8.51. The van der Waals surface area contributed by atoms with Crippen LogP contribution in [0.15, 0.2) is 12.3 Å². The number of carbonyl (C=O) groups excluding carboxylic acids is 2. The molecule has 1 N–H and O–H groups in total. The summed E-state index contributed by atoms with van der Waals surface area (Å²) in [5.41, 5.74) is 1.79. The van der Waals surface area contributed by atoms with Gasteiger partial charge in [0.15, 0.2) is 0 Å². The van der Waals surface area contributed by atoms with Crippen molar-refractivity contribution >= 4 is 11.8 Å². The zero-order valence-electron chi connectivity index (χ0n) is 14.0. The number of hydrogen-bond acceptors (Lipinski definition) is 3. The van der Waals surface area contributed by atoms with Crippen LogP contribution in [0.5, 0.6) is 0 Å². The summed E-state index contributed by atoms with van der Waals surface area (Å²) in [5.74, 6) is 0.250. The van der Waals surface area contributed by atoms with E-state index < -0.39 is 0 Å². The molecule has 126 valence electrons. The van der Waals surface area contributed by atoms with Gasteiger partial charge in [-0.05, 0) is 37.8 Å². The molecule has 1 unspecified atom stereocenters. The van der Waals surface area contributed by atoms with Gasteiger partial charge in [-0.2, -0.15) is 0 Å². The van der Waals surface area contributed by atoms with Crippen molar-refractivity contribution in [1.82, 2.24) is 19.7 Å². The summed E-state index contributed by atoms with van der Waals surface area (Å²) in [6, 6.07) is 1.95. The highest BCUT2D eigenvalue weighted by Gasteiger charge is 2.31. The molecule has 3 heterocycles. The maximum atomic E-state index is 12.7. The van der Waals surface area contributed by atoms with Gasteiger partial charge in [-0.15, -0.1) is 0 Å². The predicted octanol–water partition coefficient (Wildman–Crippen LogP) is 0.760. The minimum Gasteiger partial charge on any atom is -0.355 e. The fourth-order valence-corrected chi connectivity index (χ4v) is 3.63. The molecule has 0 aromatic carbocycles. The highest BCUT2D eigenvalue weighted by atomic mass is 16.2. The molecule has 2 fully saturated rings. The molecule has 0 aliphatic carbocycles. The summed E-state index contributed by atoms with van der Waals surface area (Å²) in [6.07, 6.45) is 5.00. The number of piperazine rings is 1. The zero-order valence-corrected chi connectivity index (χ0v) is 14.0. The Kier molecular flexibility index (Phi) is 4.71. The second-order valence-corrected chi connectivity index (χ2v) is 6.59. The second-order valence-electron chi connectivity index (χ2n) is 6.59. The van der Waals surface area contributed by atoms with Crippen LogP contribution in [0, 0.1) is 6.92 Å². The molecule has 2 saturated heterocycles. The summed E-state index contributed by atoms with van der Waals surface area (Å²) in [5, 5.41) is 3.00. The Morgan fingerprint density at radius 3 is 2.61 bits per heavy atom. The van der Waals surface area contributed by atoms with Crippen molar-refractivity contribution in [1.29, 1.82) is 0 Å². The lowest BCUT2D eigenvalue weighted by Crippen LogP contribution is -2.55. The number of aromatic nitrogens is 1. The summed E-state index contributed by atoms with van der Waals surface area (Å²) < 4.78 is 1.89. The van der Waals surface area contributed by atoms with E-state index in [4.69, 9.17) is 0 Å². The van der Waals surface area contributed by atoms with Crippen LogP contribution in [0.2, 0.25) is 0 Å². The first kappa shape index (κ1) is 16.1. The Bertz CT molecular complexity index is 568. The second kappa shape index (κ2) is 6.74. The van der Waals surface area contributed by atoms with Crippen LogP contribution in [0.3, 0.4) is 0 Å². The van der Waals surface area contributed by atoms with Crippen molar-refractivity contribution < 1.29 is 9.59 Å². The molecule has 6 heteroatoms. The third-order valence-corrected chi connectivity index (χ3v) is 5.03. The van der Waals surface area contributed by atoms with Gasteiger partial charge < -0.3 is 14.8 Å². The molecule has 6 nitrogen and oxygen atoms in total. The van der Waals surface area contributed by atoms with E-state index in [9.17, 15) is 9.59 Å². The third-order valence-electron chi connectivity index (χ3n) is 5.03. The first-order valence-electron chi connectivity index (χ1n) is 8.51. The number of hydrogen-bond donors (Lipinski definition) is 1. The molecule has 2 aliphatic heterocycles. The first-order chi connectivity index (χ1) is 11.1. The molecule has 0 saturated carbocycles. The third kappa shape index (κ3) is 3.27. The average molecular weight is 318 g/mol. The molecule has 0 bridgehead atoms. The van der Waals surface area contributed by atoms with Crippen LogP contribution in [0.25, 0.3) is 0 Å². The summed E-state index contributed by atoms with van der Waals surface area (Å²) in [4.78, 5) is 29.0. The fourth-order valence-electron chi connectivity index (χ4n) is 3.63. The van der Waals surface area contributed by atoms with Gasteiger partial charge in [-0.25, -0.2) is 0 Å². The smallest absolute Gasteiger partial charge is 0.270 e. The Hall–Kier alpha value is -1.82. The van der Waals surface area contributed by atoms with Crippen molar-refractivity contribution in [2.75, 3.05) is 32.7 Å². The highest BCUT2D eigenvalue weighted by molar-refractivity contribution is 5.94. The Morgan fingerprint density at radius 2 is 1.96 bits per heavy atom. The minimum absolute atomic E-state index is 0.0217. The van der Waals surface area contributed by atoms with E-state index >= 15 is 0 Å². The lowest BCUT2D eigenvalue weighted by Gasteiger charge is -2.38. The van der Waals surface area contributed by atoms with Crippen LogP contribution in [0.1, 0.15) is 35.3 Å². The Labute approximate surface area is 137 Å². The molecule has 23 heavy (non-hydrogen) atoms. The van der Waals surface area contributed by atoms with Gasteiger partial charge in [0.25, 0.3) is 5.91 Å². The average Bonchev–Trinajstić information content (AvgIpc) is 2.75. The molecule has 3 rings (SSSR count). The standard InChI is InChI=1S/C17H26N4O2/c1-13-6-8-19(2)15(13)17(23)21-11-9-20(10-12-21)14-5-3-4-7-18-16(14)22/h6,8,14H,3-5,7,9-12H2,1-2H3,(H,18,22). The van der Waals surface area contributed by atoms with E-state index in [1.807, 2.05) is 35.7 Å². The number of rotatable bonds is 2. The predicted molar refractivity (Wildman–Crippen MR) is 88.3 cm³/mol. The quantitative estimate of drug-likeness (QED) is 0.876. The maximum Gasteiger partial charge on any atom is 0.270 e. The van der Waals surface area contributed by atoms with E-state index in [0.29, 0.717) is 13.1 Å². The maximum absolute atomic E-state index is 12.7. The van der Waals surface area contributed by atoms with E-state index in [0.717, 1.165) is 50.2 Å². The highest BCUT2D eigenvalue weighted by Crippen LogP contribution is 2.17. The van der Waals surface area contributed by atoms with E-state index in [-0.39, 0.29) is 17.9 Å². The fraction of sp³-hybridized carbons (Fsp3) is 0.647. The molecule has 0 spiro atoms. The van der Waals surface area contributed by atoms with Crippen molar-refractivity contribution in [2.45, 2.75) is 32.2 Å². The number of nitrogens with one attached hydrogen (secondary N) is 1. The molecule has 1 atom stereocenters. The molecule has 1 aromatic rings. The molecule has 2 aliphatic rings. The molecule has 1 aromatic heterocycles. The Morgan fingerprint density at radius 1 is 1.22 bits per heavy atom. The number of carbonyl (C=O) groups is 2. The molecular formula is C17H26N4O2. The summed E-state index contributed by atoms with van der Waals surface area (Å²) in [7, 11) is 1.91. The zero-order chi connectivity index (χ0) is 16.4. The van der Waals surface area contributed by atoms with Crippen molar-refractivity contribution in [3.8, 4) is 0 Å². The van der Waals surface area contributed by atoms with Gasteiger partial charge in [-0.1, -0.05) is 0 Å². The van der Waals surface area contributed by atoms with Gasteiger partial charge in [0.05, 0.1) is 6.04 Å². The summed E-state index contributed by atoms with van der Waals surface area (Å²) >= 11 is 0. The lowest BCUT2D eigenvalue weighted by molar-refractivity contribution is -0.126. The van der Waals surface area contributed by atoms with Gasteiger partial charge in [0.2, 0.25) is 5.91 Å². The topological polar surface area (TPSA) is 57.6 Å². The Balaban J connectivity index is 1.62. The van der Waals surface area contributed by atoms with Crippen molar-refractivity contribution in [3.05, 3.63) is 23.5 Å². The SMILES string of the molecule is Cc1ccn(C)c1C(=O)N1CCN(C2CCCCNC2=O)CC1. The van der Waals surface area contributed by atoms with Gasteiger partial charge in [0, 0.05) is 46.0 Å². The monoisotopic (exact) mass is 318 g/mol. The van der Waals surface area contributed by atoms with Crippen LogP contribution in [-0.4, -0.2) is 64.9 Å². The van der Waals surface area contributed by atoms with Crippen LogP contribution >= 0.6 is 0 Å². The molecule has 2 amide bonds. The lowest BCUT2D eigenvalue weighted by atomic mass is 10.1. The normalized spacial score (nSPS) is 23.5. The van der Waals surface area contributed by atoms with Crippen molar-refractivity contribution in [3.63, 3.8) is 0 Å². The minimum atomic E-state index is -0.0217. The number of nitrogens with zero attached hydrogens (tertiary/aromatic N) is 3. The molecular weight excluding hydrogens is 292 g/mol. The molecule has 0 radical (unpaired) electrons.